The topological polar surface area (TPSA) is 96.4 Å². The van der Waals surface area contributed by atoms with Crippen LogP contribution in [0.4, 0.5) is 0 Å². The van der Waals surface area contributed by atoms with Crippen molar-refractivity contribution in [2.75, 3.05) is 6.61 Å². The maximum atomic E-state index is 11.4. The Morgan fingerprint density at radius 3 is 2.20 bits per heavy atom. The van der Waals surface area contributed by atoms with E-state index in [9.17, 15) is 9.90 Å². The van der Waals surface area contributed by atoms with Crippen molar-refractivity contribution < 1.29 is 14.6 Å². The minimum Gasteiger partial charge on any atom is -0.494 e. The average Bonchev–Trinajstić information content (AvgIpc) is 3.07. The first kappa shape index (κ1) is 32.4. The molecule has 0 spiro atoms. The van der Waals surface area contributed by atoms with E-state index >= 15 is 0 Å². The zero-order valence-electron chi connectivity index (χ0n) is 25.8. The van der Waals surface area contributed by atoms with Gasteiger partial charge in [0.2, 0.25) is 6.41 Å². The summed E-state index contributed by atoms with van der Waals surface area (Å²) >= 11 is 0. The van der Waals surface area contributed by atoms with Crippen LogP contribution in [0, 0.1) is 0 Å². The van der Waals surface area contributed by atoms with Crippen molar-refractivity contribution in [3.8, 4) is 28.3 Å². The van der Waals surface area contributed by atoms with Crippen LogP contribution in [0.2, 0.25) is 0 Å². The lowest BCUT2D eigenvalue weighted by atomic mass is 10.00. The Kier molecular flexibility index (Phi) is 12.5. The van der Waals surface area contributed by atoms with Gasteiger partial charge in [0.1, 0.15) is 5.75 Å². The first-order valence-electron chi connectivity index (χ1n) is 15.5. The third kappa shape index (κ3) is 9.51. The molecule has 0 aliphatic heterocycles. The van der Waals surface area contributed by atoms with Crippen molar-refractivity contribution in [2.24, 2.45) is 0 Å². The molecule has 0 fully saturated rings. The van der Waals surface area contributed by atoms with E-state index in [0.717, 1.165) is 46.6 Å². The highest BCUT2D eigenvalue weighted by atomic mass is 16.5. The van der Waals surface area contributed by atoms with Crippen molar-refractivity contribution in [2.45, 2.75) is 70.6 Å². The van der Waals surface area contributed by atoms with Gasteiger partial charge in [-0.2, -0.15) is 0 Å². The highest BCUT2D eigenvalue weighted by Crippen LogP contribution is 2.24. The van der Waals surface area contributed by atoms with Gasteiger partial charge in [0.25, 0.3) is 0 Å². The zero-order chi connectivity index (χ0) is 31.1. The number of amides is 1. The maximum absolute atomic E-state index is 11.4. The second-order valence-electron chi connectivity index (χ2n) is 11.1. The lowest BCUT2D eigenvalue weighted by molar-refractivity contribution is -0.110. The molecule has 1 heterocycles. The van der Waals surface area contributed by atoms with Crippen molar-refractivity contribution >= 4 is 6.41 Å². The fraction of sp³-hybridized carbons (Fsp3) is 0.324. The Morgan fingerprint density at radius 2 is 1.55 bits per heavy atom. The van der Waals surface area contributed by atoms with Gasteiger partial charge in [-0.25, -0.2) is 9.97 Å². The molecule has 4 rings (SSSR count). The Morgan fingerprint density at radius 1 is 0.886 bits per heavy atom. The molecule has 7 heteroatoms. The molecular formula is C37H44N4O3. The van der Waals surface area contributed by atoms with Gasteiger partial charge in [0.15, 0.2) is 5.82 Å². The monoisotopic (exact) mass is 592 g/mol. The molecule has 3 unspecified atom stereocenters. The van der Waals surface area contributed by atoms with Crippen LogP contribution >= 0.6 is 0 Å². The van der Waals surface area contributed by atoms with Crippen LogP contribution in [0.5, 0.6) is 5.75 Å². The van der Waals surface area contributed by atoms with Crippen LogP contribution < -0.4 is 15.4 Å². The smallest absolute Gasteiger partial charge is 0.207 e. The van der Waals surface area contributed by atoms with E-state index in [1.807, 2.05) is 98.2 Å². The highest BCUT2D eigenvalue weighted by molar-refractivity contribution is 5.64. The summed E-state index contributed by atoms with van der Waals surface area (Å²) in [4.78, 5) is 20.6. The molecule has 0 bridgehead atoms. The summed E-state index contributed by atoms with van der Waals surface area (Å²) in [5.41, 5.74) is 5.35. The number of rotatable bonds is 18. The Balaban J connectivity index is 1.31. The van der Waals surface area contributed by atoms with Crippen LogP contribution in [-0.2, 0) is 11.2 Å². The quantitative estimate of drug-likeness (QED) is 0.0847. The summed E-state index contributed by atoms with van der Waals surface area (Å²) in [6.07, 6.45) is 10.3. The molecule has 3 N–H and O–H groups in total. The number of hydrogen-bond acceptors (Lipinski definition) is 6. The Hall–Kier alpha value is -4.49. The van der Waals surface area contributed by atoms with Gasteiger partial charge in [-0.1, -0.05) is 106 Å². The van der Waals surface area contributed by atoms with E-state index in [1.165, 1.54) is 25.7 Å². The van der Waals surface area contributed by atoms with Gasteiger partial charge in [0, 0.05) is 29.2 Å². The van der Waals surface area contributed by atoms with Crippen LogP contribution in [0.15, 0.2) is 104 Å². The molecule has 0 radical (unpaired) electrons. The van der Waals surface area contributed by atoms with E-state index in [0.29, 0.717) is 24.4 Å². The molecule has 3 atom stereocenters. The SMILES string of the molecule is C=C(NC(C)C(O)c1ccccc1)C(Cc1ccc(-c2ncc(-c3ccc(OCCCCCCC)cc3)cn2)cc1)NC=O. The standard InChI is InChI=1S/C37H44N4O3/c1-4-5-6-7-11-22-44-34-20-18-30(19-21-34)33-24-38-37(39-25-33)32-16-14-29(15-17-32)23-35(40-26-42)27(2)41-28(3)36(43)31-12-9-8-10-13-31/h8-10,12-21,24-26,28,35-36,41,43H,2,4-7,11,22-23H2,1,3H3,(H,40,42). The number of aliphatic hydroxyl groups excluding tert-OH is 1. The van der Waals surface area contributed by atoms with Gasteiger partial charge < -0.3 is 20.5 Å². The normalized spacial score (nSPS) is 13.0. The number of nitrogens with one attached hydrogen (secondary N) is 2. The van der Waals surface area contributed by atoms with Crippen molar-refractivity contribution in [1.29, 1.82) is 0 Å². The molecule has 0 saturated heterocycles. The minimum absolute atomic E-state index is 0.292. The van der Waals surface area contributed by atoms with Crippen molar-refractivity contribution in [1.82, 2.24) is 20.6 Å². The van der Waals surface area contributed by atoms with Gasteiger partial charge >= 0.3 is 0 Å². The predicted molar refractivity (Wildman–Crippen MR) is 177 cm³/mol. The van der Waals surface area contributed by atoms with Crippen LogP contribution in [-0.4, -0.2) is 40.2 Å². The van der Waals surface area contributed by atoms with Gasteiger partial charge in [0.05, 0.1) is 24.8 Å². The summed E-state index contributed by atoms with van der Waals surface area (Å²) in [6, 6.07) is 24.9. The second kappa shape index (κ2) is 17.0. The number of carbonyl (C=O) groups excluding carboxylic acids is 1. The molecule has 7 nitrogen and oxygen atoms in total. The first-order valence-corrected chi connectivity index (χ1v) is 15.5. The summed E-state index contributed by atoms with van der Waals surface area (Å²) < 4.78 is 5.89. The Labute approximate surface area is 261 Å². The summed E-state index contributed by atoms with van der Waals surface area (Å²) in [7, 11) is 0. The lowest BCUT2D eigenvalue weighted by Crippen LogP contribution is -2.41. The minimum atomic E-state index is -0.709. The largest absolute Gasteiger partial charge is 0.494 e. The lowest BCUT2D eigenvalue weighted by Gasteiger charge is -2.27. The second-order valence-corrected chi connectivity index (χ2v) is 11.1. The first-order chi connectivity index (χ1) is 21.5. The summed E-state index contributed by atoms with van der Waals surface area (Å²) in [5.74, 6) is 1.52. The third-order valence-corrected chi connectivity index (χ3v) is 7.73. The molecule has 1 aromatic heterocycles. The Bertz CT molecular complexity index is 1420. The van der Waals surface area contributed by atoms with E-state index in [4.69, 9.17) is 4.74 Å². The van der Waals surface area contributed by atoms with E-state index < -0.39 is 6.10 Å². The van der Waals surface area contributed by atoms with Crippen LogP contribution in [0.25, 0.3) is 22.5 Å². The summed E-state index contributed by atoms with van der Waals surface area (Å²) in [5, 5.41) is 16.8. The maximum Gasteiger partial charge on any atom is 0.207 e. The highest BCUT2D eigenvalue weighted by Gasteiger charge is 2.20. The number of hydrogen-bond donors (Lipinski definition) is 3. The average molecular weight is 593 g/mol. The number of unbranched alkanes of at least 4 members (excludes halogenated alkanes) is 4. The van der Waals surface area contributed by atoms with Crippen LogP contribution in [0.1, 0.15) is 63.2 Å². The number of aromatic nitrogens is 2. The van der Waals surface area contributed by atoms with Crippen molar-refractivity contribution in [3.05, 3.63) is 115 Å². The third-order valence-electron chi connectivity index (χ3n) is 7.73. The molecule has 4 aromatic rings. The van der Waals surface area contributed by atoms with E-state index in [1.54, 1.807) is 0 Å². The molecule has 44 heavy (non-hydrogen) atoms. The number of nitrogens with zero attached hydrogens (tertiary/aromatic N) is 2. The molecule has 0 aliphatic rings. The van der Waals surface area contributed by atoms with Gasteiger partial charge in [-0.3, -0.25) is 4.79 Å². The fourth-order valence-corrected chi connectivity index (χ4v) is 5.07. The van der Waals surface area contributed by atoms with E-state index in [2.05, 4.69) is 34.1 Å². The summed E-state index contributed by atoms with van der Waals surface area (Å²) in [6.45, 7) is 9.01. The number of aliphatic hydroxyl groups is 1. The molecular weight excluding hydrogens is 548 g/mol. The van der Waals surface area contributed by atoms with Gasteiger partial charge in [-0.05, 0) is 48.6 Å². The molecule has 1 amide bonds. The number of benzene rings is 3. The number of ether oxygens (including phenoxy) is 1. The molecule has 3 aromatic carbocycles. The van der Waals surface area contributed by atoms with Crippen molar-refractivity contribution in [3.63, 3.8) is 0 Å². The number of carbonyl (C=O) groups is 1. The predicted octanol–water partition coefficient (Wildman–Crippen LogP) is 7.04. The van der Waals surface area contributed by atoms with Crippen LogP contribution in [0.3, 0.4) is 0 Å². The molecule has 230 valence electrons. The fourth-order valence-electron chi connectivity index (χ4n) is 5.07. The van der Waals surface area contributed by atoms with E-state index in [-0.39, 0.29) is 12.1 Å². The molecule has 0 saturated carbocycles. The van der Waals surface area contributed by atoms with Gasteiger partial charge in [-0.15, -0.1) is 0 Å². The zero-order valence-corrected chi connectivity index (χ0v) is 25.8. The molecule has 0 aliphatic carbocycles.